The van der Waals surface area contributed by atoms with Gasteiger partial charge in [0, 0.05) is 15.2 Å². The zero-order valence-corrected chi connectivity index (χ0v) is 10.2. The average molecular weight is 230 g/mol. The second-order valence-corrected chi connectivity index (χ2v) is 5.51. The highest BCUT2D eigenvalue weighted by atomic mass is 35.5. The molecule has 0 spiro atoms. The molecule has 0 unspecified atom stereocenters. The molecule has 0 aliphatic rings. The van der Waals surface area contributed by atoms with Gasteiger partial charge in [-0.1, -0.05) is 31.5 Å². The van der Waals surface area contributed by atoms with Gasteiger partial charge in [-0.2, -0.15) is 0 Å². The molecular weight excluding hydrogens is 214 g/mol. The summed E-state index contributed by atoms with van der Waals surface area (Å²) in [6, 6.07) is 6.02. The van der Waals surface area contributed by atoms with Crippen LogP contribution < -0.4 is 5.73 Å². The van der Waals surface area contributed by atoms with Gasteiger partial charge in [0.05, 0.1) is 0 Å². The topological polar surface area (TPSA) is 26.0 Å². The van der Waals surface area contributed by atoms with E-state index in [-0.39, 0.29) is 0 Å². The Balaban J connectivity index is 2.90. The molecule has 0 aromatic heterocycles. The Kier molecular flexibility index (Phi) is 4.79. The highest BCUT2D eigenvalue weighted by Crippen LogP contribution is 2.29. The van der Waals surface area contributed by atoms with Crippen LogP contribution in [-0.2, 0) is 6.42 Å². The second kappa shape index (κ2) is 5.64. The van der Waals surface area contributed by atoms with Crippen LogP contribution in [-0.4, -0.2) is 11.8 Å². The molecule has 0 saturated heterocycles. The number of halogens is 1. The van der Waals surface area contributed by atoms with Crippen LogP contribution in [0, 0.1) is 0 Å². The van der Waals surface area contributed by atoms with Gasteiger partial charge in [0.1, 0.15) is 0 Å². The van der Waals surface area contributed by atoms with Crippen molar-refractivity contribution in [2.45, 2.75) is 30.4 Å². The van der Waals surface area contributed by atoms with Gasteiger partial charge in [0.25, 0.3) is 0 Å². The summed E-state index contributed by atoms with van der Waals surface area (Å²) in [6.07, 6.45) is 0.923. The second-order valence-electron chi connectivity index (χ2n) is 3.46. The average Bonchev–Trinajstić information content (AvgIpc) is 2.09. The van der Waals surface area contributed by atoms with E-state index in [1.54, 1.807) is 0 Å². The van der Waals surface area contributed by atoms with E-state index in [1.165, 1.54) is 10.5 Å². The van der Waals surface area contributed by atoms with Gasteiger partial charge in [0.2, 0.25) is 0 Å². The van der Waals surface area contributed by atoms with E-state index < -0.39 is 0 Å². The van der Waals surface area contributed by atoms with Crippen molar-refractivity contribution >= 4 is 23.4 Å². The Morgan fingerprint density at radius 1 is 1.43 bits per heavy atom. The van der Waals surface area contributed by atoms with Gasteiger partial charge in [0.15, 0.2) is 0 Å². The summed E-state index contributed by atoms with van der Waals surface area (Å²) < 4.78 is 0. The fourth-order valence-electron chi connectivity index (χ4n) is 1.25. The van der Waals surface area contributed by atoms with Crippen molar-refractivity contribution in [2.75, 3.05) is 6.54 Å². The van der Waals surface area contributed by atoms with E-state index in [4.69, 9.17) is 17.3 Å². The first-order valence-corrected chi connectivity index (χ1v) is 6.04. The Bertz CT molecular complexity index is 299. The molecule has 0 heterocycles. The summed E-state index contributed by atoms with van der Waals surface area (Å²) in [6.45, 7) is 5.04. The Labute approximate surface area is 95.0 Å². The van der Waals surface area contributed by atoms with E-state index in [0.717, 1.165) is 11.4 Å². The van der Waals surface area contributed by atoms with Crippen LogP contribution in [0.5, 0.6) is 0 Å². The summed E-state index contributed by atoms with van der Waals surface area (Å²) in [7, 11) is 0. The molecule has 0 aliphatic heterocycles. The van der Waals surface area contributed by atoms with Crippen LogP contribution in [0.25, 0.3) is 0 Å². The first-order chi connectivity index (χ1) is 6.63. The highest BCUT2D eigenvalue weighted by Gasteiger charge is 2.05. The molecule has 2 N–H and O–H groups in total. The van der Waals surface area contributed by atoms with Crippen molar-refractivity contribution in [2.24, 2.45) is 5.73 Å². The number of hydrogen-bond acceptors (Lipinski definition) is 2. The van der Waals surface area contributed by atoms with E-state index in [0.29, 0.717) is 11.8 Å². The van der Waals surface area contributed by atoms with Crippen LogP contribution in [0.4, 0.5) is 0 Å². The molecule has 0 radical (unpaired) electrons. The third-order valence-corrected chi connectivity index (χ3v) is 3.15. The quantitative estimate of drug-likeness (QED) is 0.802. The smallest absolute Gasteiger partial charge is 0.0417 e. The summed E-state index contributed by atoms with van der Waals surface area (Å²) in [5.74, 6) is 0. The molecule has 0 fully saturated rings. The molecule has 0 atom stereocenters. The first kappa shape index (κ1) is 11.9. The lowest BCUT2D eigenvalue weighted by molar-refractivity contribution is 0.942. The predicted molar refractivity (Wildman–Crippen MR) is 65.2 cm³/mol. The SMILES string of the molecule is CC(C)Sc1cc(Cl)ccc1CCN. The largest absolute Gasteiger partial charge is 0.330 e. The fraction of sp³-hybridized carbons (Fsp3) is 0.455. The number of benzene rings is 1. The highest BCUT2D eigenvalue weighted by molar-refractivity contribution is 8.00. The molecule has 1 nitrogen and oxygen atoms in total. The zero-order valence-electron chi connectivity index (χ0n) is 8.59. The van der Waals surface area contributed by atoms with E-state index >= 15 is 0 Å². The lowest BCUT2D eigenvalue weighted by Gasteiger charge is -2.10. The summed E-state index contributed by atoms with van der Waals surface area (Å²) in [5, 5.41) is 1.37. The zero-order chi connectivity index (χ0) is 10.6. The summed E-state index contributed by atoms with van der Waals surface area (Å²) in [5.41, 5.74) is 6.86. The van der Waals surface area contributed by atoms with Crippen molar-refractivity contribution in [3.63, 3.8) is 0 Å². The van der Waals surface area contributed by atoms with Gasteiger partial charge in [-0.3, -0.25) is 0 Å². The maximum absolute atomic E-state index is 5.96. The normalized spacial score (nSPS) is 10.9. The van der Waals surface area contributed by atoms with E-state index in [9.17, 15) is 0 Å². The predicted octanol–water partition coefficient (Wildman–Crippen LogP) is 3.34. The maximum Gasteiger partial charge on any atom is 0.0417 e. The molecule has 1 aromatic rings. The van der Waals surface area contributed by atoms with Crippen molar-refractivity contribution in [1.29, 1.82) is 0 Å². The van der Waals surface area contributed by atoms with Gasteiger partial charge < -0.3 is 5.73 Å². The van der Waals surface area contributed by atoms with Gasteiger partial charge in [-0.05, 0) is 30.7 Å². The van der Waals surface area contributed by atoms with Crippen LogP contribution in [0.1, 0.15) is 19.4 Å². The van der Waals surface area contributed by atoms with Crippen molar-refractivity contribution in [3.8, 4) is 0 Å². The van der Waals surface area contributed by atoms with Crippen LogP contribution in [0.2, 0.25) is 5.02 Å². The molecule has 0 amide bonds. The number of hydrogen-bond donors (Lipinski definition) is 1. The lowest BCUT2D eigenvalue weighted by Crippen LogP contribution is -2.04. The number of rotatable bonds is 4. The minimum atomic E-state index is 0.574. The molecular formula is C11H16ClNS. The first-order valence-electron chi connectivity index (χ1n) is 4.78. The van der Waals surface area contributed by atoms with Gasteiger partial charge in [-0.25, -0.2) is 0 Å². The van der Waals surface area contributed by atoms with Crippen molar-refractivity contribution < 1.29 is 0 Å². The van der Waals surface area contributed by atoms with E-state index in [1.807, 2.05) is 23.9 Å². The molecule has 0 aliphatic carbocycles. The fourth-order valence-corrected chi connectivity index (χ4v) is 2.52. The monoisotopic (exact) mass is 229 g/mol. The molecule has 0 bridgehead atoms. The molecule has 1 rings (SSSR count). The van der Waals surface area contributed by atoms with E-state index in [2.05, 4.69) is 19.9 Å². The van der Waals surface area contributed by atoms with Crippen LogP contribution in [0.15, 0.2) is 23.1 Å². The molecule has 78 valence electrons. The third kappa shape index (κ3) is 3.52. The minimum Gasteiger partial charge on any atom is -0.330 e. The summed E-state index contributed by atoms with van der Waals surface area (Å²) >= 11 is 7.80. The number of thioether (sulfide) groups is 1. The third-order valence-electron chi connectivity index (χ3n) is 1.81. The van der Waals surface area contributed by atoms with Crippen molar-refractivity contribution in [3.05, 3.63) is 28.8 Å². The van der Waals surface area contributed by atoms with Crippen LogP contribution in [0.3, 0.4) is 0 Å². The summed E-state index contributed by atoms with van der Waals surface area (Å²) in [4.78, 5) is 1.26. The van der Waals surface area contributed by atoms with Crippen LogP contribution >= 0.6 is 23.4 Å². The Hall–Kier alpha value is -0.180. The molecule has 1 aromatic carbocycles. The lowest BCUT2D eigenvalue weighted by atomic mass is 10.1. The van der Waals surface area contributed by atoms with Gasteiger partial charge in [-0.15, -0.1) is 11.8 Å². The Morgan fingerprint density at radius 3 is 2.71 bits per heavy atom. The maximum atomic E-state index is 5.96. The molecule has 14 heavy (non-hydrogen) atoms. The molecule has 0 saturated carbocycles. The number of nitrogens with two attached hydrogens (primary N) is 1. The van der Waals surface area contributed by atoms with Crippen molar-refractivity contribution in [1.82, 2.24) is 0 Å². The standard InChI is InChI=1S/C11H16ClNS/c1-8(2)14-11-7-10(12)4-3-9(11)5-6-13/h3-4,7-8H,5-6,13H2,1-2H3. The van der Waals surface area contributed by atoms with Gasteiger partial charge >= 0.3 is 0 Å². The molecule has 3 heteroatoms. The Morgan fingerprint density at radius 2 is 2.14 bits per heavy atom. The minimum absolute atomic E-state index is 0.574.